The number of methoxy groups -OCH3 is 2. The van der Waals surface area contributed by atoms with E-state index in [1.165, 1.54) is 32.4 Å². The van der Waals surface area contributed by atoms with Crippen LogP contribution in [0.25, 0.3) is 0 Å². The first-order valence-electron chi connectivity index (χ1n) is 5.90. The molecule has 8 heteroatoms. The molecule has 0 spiro atoms. The van der Waals surface area contributed by atoms with E-state index in [-0.39, 0.29) is 27.2 Å². The van der Waals surface area contributed by atoms with Gasteiger partial charge in [0.2, 0.25) is 9.84 Å². The maximum absolute atomic E-state index is 12.7. The SMILES string of the molecule is COc1cccc(S(=O)(=O)c2ccc(N)nc2N)c1OC. The Hall–Kier alpha value is -2.48. The quantitative estimate of drug-likeness (QED) is 0.868. The molecular weight excluding hydrogens is 294 g/mol. The van der Waals surface area contributed by atoms with Gasteiger partial charge in [-0.05, 0) is 24.3 Å². The first-order valence-corrected chi connectivity index (χ1v) is 7.38. The third-order valence-corrected chi connectivity index (χ3v) is 4.68. The Kier molecular flexibility index (Phi) is 3.90. The summed E-state index contributed by atoms with van der Waals surface area (Å²) >= 11 is 0. The van der Waals surface area contributed by atoms with Gasteiger partial charge in [-0.15, -0.1) is 0 Å². The number of para-hydroxylation sites is 1. The highest BCUT2D eigenvalue weighted by Crippen LogP contribution is 2.37. The summed E-state index contributed by atoms with van der Waals surface area (Å²) in [4.78, 5) is 3.58. The fourth-order valence-corrected chi connectivity index (χ4v) is 3.38. The van der Waals surface area contributed by atoms with Gasteiger partial charge in [0.05, 0.1) is 14.2 Å². The Morgan fingerprint density at radius 2 is 1.71 bits per heavy atom. The fourth-order valence-electron chi connectivity index (χ4n) is 1.89. The molecule has 0 radical (unpaired) electrons. The first kappa shape index (κ1) is 14.9. The molecule has 1 aromatic heterocycles. The third kappa shape index (κ3) is 2.57. The van der Waals surface area contributed by atoms with E-state index in [9.17, 15) is 8.42 Å². The zero-order valence-corrected chi connectivity index (χ0v) is 12.3. The lowest BCUT2D eigenvalue weighted by Gasteiger charge is -2.13. The van der Waals surface area contributed by atoms with Crippen molar-refractivity contribution in [2.75, 3.05) is 25.7 Å². The van der Waals surface area contributed by atoms with Crippen LogP contribution in [0.2, 0.25) is 0 Å². The molecule has 0 aliphatic carbocycles. The van der Waals surface area contributed by atoms with Crippen molar-refractivity contribution >= 4 is 21.5 Å². The lowest BCUT2D eigenvalue weighted by atomic mass is 10.3. The average molecular weight is 309 g/mol. The van der Waals surface area contributed by atoms with Crippen LogP contribution in [0.5, 0.6) is 11.5 Å². The molecule has 1 aromatic carbocycles. The van der Waals surface area contributed by atoms with Crippen molar-refractivity contribution in [2.45, 2.75) is 9.79 Å². The van der Waals surface area contributed by atoms with Gasteiger partial charge in [0.15, 0.2) is 11.5 Å². The van der Waals surface area contributed by atoms with Crippen LogP contribution in [0.4, 0.5) is 11.6 Å². The van der Waals surface area contributed by atoms with Gasteiger partial charge >= 0.3 is 0 Å². The molecule has 0 saturated heterocycles. The van der Waals surface area contributed by atoms with Crippen molar-refractivity contribution in [3.8, 4) is 11.5 Å². The molecule has 112 valence electrons. The van der Waals surface area contributed by atoms with Crippen LogP contribution in [0.15, 0.2) is 40.1 Å². The van der Waals surface area contributed by atoms with Crippen molar-refractivity contribution in [1.29, 1.82) is 0 Å². The topological polar surface area (TPSA) is 118 Å². The number of pyridine rings is 1. The van der Waals surface area contributed by atoms with E-state index in [1.807, 2.05) is 0 Å². The number of rotatable bonds is 4. The van der Waals surface area contributed by atoms with Crippen molar-refractivity contribution in [2.24, 2.45) is 0 Å². The zero-order chi connectivity index (χ0) is 15.6. The fraction of sp³-hybridized carbons (Fsp3) is 0.154. The van der Waals surface area contributed by atoms with Crippen LogP contribution in [0.3, 0.4) is 0 Å². The van der Waals surface area contributed by atoms with E-state index < -0.39 is 9.84 Å². The summed E-state index contributed by atoms with van der Waals surface area (Å²) in [7, 11) is -1.12. The molecule has 21 heavy (non-hydrogen) atoms. The summed E-state index contributed by atoms with van der Waals surface area (Å²) in [6.07, 6.45) is 0. The van der Waals surface area contributed by atoms with E-state index in [1.54, 1.807) is 12.1 Å². The molecule has 0 amide bonds. The number of hydrogen-bond donors (Lipinski definition) is 2. The van der Waals surface area contributed by atoms with Crippen LogP contribution in [-0.4, -0.2) is 27.6 Å². The second-order valence-electron chi connectivity index (χ2n) is 4.11. The third-order valence-electron chi connectivity index (χ3n) is 2.85. The minimum atomic E-state index is -3.91. The lowest BCUT2D eigenvalue weighted by molar-refractivity contribution is 0.347. The van der Waals surface area contributed by atoms with E-state index in [4.69, 9.17) is 20.9 Å². The molecule has 0 aliphatic heterocycles. The van der Waals surface area contributed by atoms with Crippen molar-refractivity contribution in [3.05, 3.63) is 30.3 Å². The molecule has 1 heterocycles. The standard InChI is InChI=1S/C13H15N3O4S/c1-19-8-4-3-5-9(12(8)20-2)21(17,18)10-6-7-11(14)16-13(10)15/h3-7H,1-2H3,(H4,14,15,16). The van der Waals surface area contributed by atoms with Gasteiger partial charge in [0.25, 0.3) is 0 Å². The van der Waals surface area contributed by atoms with Gasteiger partial charge in [-0.1, -0.05) is 6.07 Å². The second kappa shape index (κ2) is 5.49. The Morgan fingerprint density at radius 3 is 2.29 bits per heavy atom. The molecule has 2 rings (SSSR count). The van der Waals surface area contributed by atoms with Crippen molar-refractivity contribution in [1.82, 2.24) is 4.98 Å². The number of sulfone groups is 1. The van der Waals surface area contributed by atoms with Gasteiger partial charge < -0.3 is 20.9 Å². The van der Waals surface area contributed by atoms with Crippen molar-refractivity contribution < 1.29 is 17.9 Å². The molecule has 2 aromatic rings. The lowest BCUT2D eigenvalue weighted by Crippen LogP contribution is -2.10. The monoisotopic (exact) mass is 309 g/mol. The Morgan fingerprint density at radius 1 is 1.00 bits per heavy atom. The molecule has 0 aliphatic rings. The number of ether oxygens (including phenoxy) is 2. The average Bonchev–Trinajstić information content (AvgIpc) is 2.45. The normalized spacial score (nSPS) is 11.1. The maximum atomic E-state index is 12.7. The molecule has 0 saturated carbocycles. The van der Waals surface area contributed by atoms with E-state index in [0.29, 0.717) is 5.75 Å². The number of nitrogens with two attached hydrogens (primary N) is 2. The van der Waals surface area contributed by atoms with Gasteiger partial charge in [0, 0.05) is 0 Å². The highest BCUT2D eigenvalue weighted by Gasteiger charge is 2.27. The van der Waals surface area contributed by atoms with Crippen LogP contribution in [0.1, 0.15) is 0 Å². The maximum Gasteiger partial charge on any atom is 0.214 e. The van der Waals surface area contributed by atoms with Gasteiger partial charge in [-0.25, -0.2) is 13.4 Å². The zero-order valence-electron chi connectivity index (χ0n) is 11.5. The molecule has 7 nitrogen and oxygen atoms in total. The smallest absolute Gasteiger partial charge is 0.214 e. The number of nitrogen functional groups attached to an aromatic ring is 2. The first-order chi connectivity index (χ1) is 9.91. The number of hydrogen-bond acceptors (Lipinski definition) is 7. The van der Waals surface area contributed by atoms with Gasteiger partial charge in [-0.3, -0.25) is 0 Å². The number of nitrogens with zero attached hydrogens (tertiary/aromatic N) is 1. The summed E-state index contributed by atoms with van der Waals surface area (Å²) in [5.74, 6) is 0.390. The predicted octanol–water partition coefficient (Wildman–Crippen LogP) is 1.10. The molecule has 0 unspecified atom stereocenters. The highest BCUT2D eigenvalue weighted by molar-refractivity contribution is 7.91. The van der Waals surface area contributed by atoms with Crippen LogP contribution in [0, 0.1) is 0 Å². The van der Waals surface area contributed by atoms with Crippen LogP contribution < -0.4 is 20.9 Å². The molecule has 0 atom stereocenters. The molecule has 0 fully saturated rings. The Labute approximate surface area is 122 Å². The number of anilines is 2. The van der Waals surface area contributed by atoms with E-state index in [2.05, 4.69) is 4.98 Å². The van der Waals surface area contributed by atoms with Gasteiger partial charge in [0.1, 0.15) is 21.4 Å². The largest absolute Gasteiger partial charge is 0.493 e. The summed E-state index contributed by atoms with van der Waals surface area (Å²) in [6, 6.07) is 7.24. The Balaban J connectivity index is 2.70. The summed E-state index contributed by atoms with van der Waals surface area (Å²) in [6.45, 7) is 0. The minimum Gasteiger partial charge on any atom is -0.493 e. The highest BCUT2D eigenvalue weighted by atomic mass is 32.2. The summed E-state index contributed by atoms with van der Waals surface area (Å²) in [5.41, 5.74) is 11.1. The Bertz CT molecular complexity index is 775. The minimum absolute atomic E-state index is 0.0531. The molecular formula is C13H15N3O4S. The van der Waals surface area contributed by atoms with E-state index in [0.717, 1.165) is 0 Å². The van der Waals surface area contributed by atoms with Gasteiger partial charge in [-0.2, -0.15) is 0 Å². The van der Waals surface area contributed by atoms with Crippen molar-refractivity contribution in [3.63, 3.8) is 0 Å². The second-order valence-corrected chi connectivity index (χ2v) is 6.00. The molecule has 4 N–H and O–H groups in total. The number of benzene rings is 1. The summed E-state index contributed by atoms with van der Waals surface area (Å²) < 4.78 is 35.7. The summed E-state index contributed by atoms with van der Waals surface area (Å²) in [5, 5.41) is 0. The van der Waals surface area contributed by atoms with E-state index >= 15 is 0 Å². The van der Waals surface area contributed by atoms with Crippen LogP contribution >= 0.6 is 0 Å². The van der Waals surface area contributed by atoms with Crippen LogP contribution in [-0.2, 0) is 9.84 Å². The molecule has 0 bridgehead atoms. The predicted molar refractivity (Wildman–Crippen MR) is 78.1 cm³/mol. The number of aromatic nitrogens is 1.